The fourth-order valence-electron chi connectivity index (χ4n) is 1.74. The Morgan fingerprint density at radius 2 is 2.18 bits per heavy atom. The van der Waals surface area contributed by atoms with Crippen LogP contribution in [0.4, 0.5) is 0 Å². The van der Waals surface area contributed by atoms with Crippen LogP contribution in [0.25, 0.3) is 0 Å². The number of hydrazone groups is 1. The van der Waals surface area contributed by atoms with Gasteiger partial charge in [-0.1, -0.05) is 0 Å². The smallest absolute Gasteiger partial charge is 0.272 e. The van der Waals surface area contributed by atoms with Crippen molar-refractivity contribution in [1.82, 2.24) is 10.4 Å². The Balaban J connectivity index is 2.10. The predicted octanol–water partition coefficient (Wildman–Crippen LogP) is 2.63. The lowest BCUT2D eigenvalue weighted by atomic mass is 10.2. The van der Waals surface area contributed by atoms with E-state index in [0.29, 0.717) is 17.1 Å². The van der Waals surface area contributed by atoms with E-state index >= 15 is 0 Å². The number of nitrogens with zero attached hydrogens (tertiary/aromatic N) is 2. The first-order valence-electron chi connectivity index (χ1n) is 6.30. The quantitative estimate of drug-likeness (QED) is 0.654. The summed E-state index contributed by atoms with van der Waals surface area (Å²) in [6, 6.07) is 6.90. The van der Waals surface area contributed by atoms with Crippen molar-refractivity contribution in [3.05, 3.63) is 52.3 Å². The van der Waals surface area contributed by atoms with Gasteiger partial charge in [0.1, 0.15) is 0 Å². The number of hydrogen-bond donors (Lipinski definition) is 1. The number of nitrogens with one attached hydrogen (secondary N) is 1. The van der Waals surface area contributed by atoms with Gasteiger partial charge in [0.25, 0.3) is 5.91 Å². The minimum atomic E-state index is -0.330. The number of methoxy groups -OCH3 is 2. The molecule has 6 nitrogen and oxygen atoms in total. The van der Waals surface area contributed by atoms with E-state index in [-0.39, 0.29) is 5.91 Å². The third-order valence-electron chi connectivity index (χ3n) is 2.76. The molecule has 0 aliphatic rings. The number of ether oxygens (including phenoxy) is 2. The van der Waals surface area contributed by atoms with Gasteiger partial charge in [-0.05, 0) is 45.8 Å². The highest BCUT2D eigenvalue weighted by Gasteiger charge is 2.09. The van der Waals surface area contributed by atoms with Crippen LogP contribution in [0.3, 0.4) is 0 Å². The van der Waals surface area contributed by atoms with Crippen LogP contribution in [-0.4, -0.2) is 31.3 Å². The number of halogens is 1. The summed E-state index contributed by atoms with van der Waals surface area (Å²) in [6.45, 7) is 0. The number of rotatable bonds is 5. The minimum absolute atomic E-state index is 0.330. The fourth-order valence-corrected chi connectivity index (χ4v) is 2.36. The van der Waals surface area contributed by atoms with E-state index in [4.69, 9.17) is 9.47 Å². The second-order valence-corrected chi connectivity index (χ2v) is 5.03. The molecule has 0 spiro atoms. The SMILES string of the molecule is COc1cc(/C=N/NC(=O)c2cccnc2)cc(Br)c1OC. The second kappa shape index (κ2) is 7.56. The van der Waals surface area contributed by atoms with Crippen molar-refractivity contribution < 1.29 is 14.3 Å². The highest BCUT2D eigenvalue weighted by atomic mass is 79.9. The van der Waals surface area contributed by atoms with Crippen molar-refractivity contribution in [1.29, 1.82) is 0 Å². The largest absolute Gasteiger partial charge is 0.493 e. The molecule has 0 aliphatic carbocycles. The Morgan fingerprint density at radius 1 is 1.36 bits per heavy atom. The molecule has 0 aliphatic heterocycles. The summed E-state index contributed by atoms with van der Waals surface area (Å²) in [5, 5.41) is 3.92. The molecule has 0 unspecified atom stereocenters. The summed E-state index contributed by atoms with van der Waals surface area (Å²) >= 11 is 3.39. The topological polar surface area (TPSA) is 72.8 Å². The number of hydrogen-bond acceptors (Lipinski definition) is 5. The van der Waals surface area contributed by atoms with Gasteiger partial charge in [0.2, 0.25) is 0 Å². The molecule has 1 aromatic carbocycles. The van der Waals surface area contributed by atoms with Crippen molar-refractivity contribution >= 4 is 28.1 Å². The summed E-state index contributed by atoms with van der Waals surface area (Å²) in [5.41, 5.74) is 3.62. The lowest BCUT2D eigenvalue weighted by Crippen LogP contribution is -2.17. The Hall–Kier alpha value is -2.41. The van der Waals surface area contributed by atoms with Gasteiger partial charge in [-0.15, -0.1) is 0 Å². The minimum Gasteiger partial charge on any atom is -0.493 e. The van der Waals surface area contributed by atoms with Gasteiger partial charge in [-0.25, -0.2) is 5.43 Å². The molecule has 2 aromatic rings. The molecule has 1 aromatic heterocycles. The fraction of sp³-hybridized carbons (Fsp3) is 0.133. The molecular weight excluding hydrogens is 350 g/mol. The lowest BCUT2D eigenvalue weighted by molar-refractivity contribution is 0.0955. The van der Waals surface area contributed by atoms with Crippen LogP contribution in [0.2, 0.25) is 0 Å². The molecule has 114 valence electrons. The van der Waals surface area contributed by atoms with E-state index in [2.05, 4.69) is 31.4 Å². The standard InChI is InChI=1S/C15H14BrN3O3/c1-21-13-7-10(6-12(16)14(13)22-2)8-18-19-15(20)11-4-3-5-17-9-11/h3-9H,1-2H3,(H,19,20)/b18-8+. The van der Waals surface area contributed by atoms with Crippen molar-refractivity contribution in [3.63, 3.8) is 0 Å². The molecule has 2 rings (SSSR count). The van der Waals surface area contributed by atoms with Crippen LogP contribution in [0.15, 0.2) is 46.2 Å². The van der Waals surface area contributed by atoms with Gasteiger partial charge >= 0.3 is 0 Å². The maximum Gasteiger partial charge on any atom is 0.272 e. The lowest BCUT2D eigenvalue weighted by Gasteiger charge is -2.10. The van der Waals surface area contributed by atoms with Gasteiger partial charge in [-0.3, -0.25) is 9.78 Å². The molecule has 1 N–H and O–H groups in total. The summed E-state index contributed by atoms with van der Waals surface area (Å²) in [4.78, 5) is 15.7. The molecule has 1 heterocycles. The summed E-state index contributed by atoms with van der Waals surface area (Å²) < 4.78 is 11.2. The Kier molecular flexibility index (Phi) is 5.48. The molecule has 0 fully saturated rings. The van der Waals surface area contributed by atoms with E-state index in [0.717, 1.165) is 10.0 Å². The third kappa shape index (κ3) is 3.82. The molecule has 0 bridgehead atoms. The van der Waals surface area contributed by atoms with Crippen LogP contribution < -0.4 is 14.9 Å². The van der Waals surface area contributed by atoms with Crippen molar-refractivity contribution in [3.8, 4) is 11.5 Å². The molecular formula is C15H14BrN3O3. The van der Waals surface area contributed by atoms with Crippen molar-refractivity contribution in [2.75, 3.05) is 14.2 Å². The average molecular weight is 364 g/mol. The zero-order valence-electron chi connectivity index (χ0n) is 12.0. The highest BCUT2D eigenvalue weighted by Crippen LogP contribution is 2.35. The first-order chi connectivity index (χ1) is 10.7. The van der Waals surface area contributed by atoms with Crippen LogP contribution in [0.5, 0.6) is 11.5 Å². The van der Waals surface area contributed by atoms with E-state index < -0.39 is 0 Å². The molecule has 22 heavy (non-hydrogen) atoms. The molecule has 0 atom stereocenters. The Bertz CT molecular complexity index is 690. The maximum atomic E-state index is 11.8. The van der Waals surface area contributed by atoms with Crippen molar-refractivity contribution in [2.24, 2.45) is 5.10 Å². The number of pyridine rings is 1. The number of carbonyl (C=O) groups is 1. The second-order valence-electron chi connectivity index (χ2n) is 4.18. The predicted molar refractivity (Wildman–Crippen MR) is 86.5 cm³/mol. The Labute approximate surface area is 136 Å². The first-order valence-corrected chi connectivity index (χ1v) is 7.10. The van der Waals surface area contributed by atoms with E-state index in [1.165, 1.54) is 12.4 Å². The number of benzene rings is 1. The maximum absolute atomic E-state index is 11.8. The van der Waals surface area contributed by atoms with Gasteiger partial charge in [-0.2, -0.15) is 5.10 Å². The number of amides is 1. The van der Waals surface area contributed by atoms with Gasteiger partial charge < -0.3 is 9.47 Å². The van der Waals surface area contributed by atoms with Crippen LogP contribution in [0, 0.1) is 0 Å². The zero-order chi connectivity index (χ0) is 15.9. The number of aromatic nitrogens is 1. The monoisotopic (exact) mass is 363 g/mol. The van der Waals surface area contributed by atoms with E-state index in [1.54, 1.807) is 44.7 Å². The van der Waals surface area contributed by atoms with Crippen LogP contribution in [0.1, 0.15) is 15.9 Å². The van der Waals surface area contributed by atoms with E-state index in [9.17, 15) is 4.79 Å². The summed E-state index contributed by atoms with van der Waals surface area (Å²) in [5.74, 6) is 0.833. The average Bonchev–Trinajstić information content (AvgIpc) is 2.55. The summed E-state index contributed by atoms with van der Waals surface area (Å²) in [7, 11) is 3.11. The highest BCUT2D eigenvalue weighted by molar-refractivity contribution is 9.10. The van der Waals surface area contributed by atoms with Crippen molar-refractivity contribution in [2.45, 2.75) is 0 Å². The molecule has 0 radical (unpaired) electrons. The Morgan fingerprint density at radius 3 is 2.82 bits per heavy atom. The molecule has 0 saturated carbocycles. The van der Waals surface area contributed by atoms with Crippen LogP contribution in [-0.2, 0) is 0 Å². The summed E-state index contributed by atoms with van der Waals surface area (Å²) in [6.07, 6.45) is 4.58. The molecule has 1 amide bonds. The first kappa shape index (κ1) is 16.0. The normalized spacial score (nSPS) is 10.5. The van der Waals surface area contributed by atoms with E-state index in [1.807, 2.05) is 0 Å². The third-order valence-corrected chi connectivity index (χ3v) is 3.35. The van der Waals surface area contributed by atoms with Crippen LogP contribution >= 0.6 is 15.9 Å². The molecule has 0 saturated heterocycles. The molecule has 7 heteroatoms. The number of carbonyl (C=O) groups excluding carboxylic acids is 1. The van der Waals surface area contributed by atoms with Gasteiger partial charge in [0.15, 0.2) is 11.5 Å². The zero-order valence-corrected chi connectivity index (χ0v) is 13.6. The van der Waals surface area contributed by atoms with Gasteiger partial charge in [0.05, 0.1) is 30.5 Å². The van der Waals surface area contributed by atoms with Gasteiger partial charge in [0, 0.05) is 12.4 Å².